The van der Waals surface area contributed by atoms with Gasteiger partial charge in [0.2, 0.25) is 5.91 Å². The SMILES string of the molecule is CCCCCCCCC/C=C/C(O)C(CO)NC(=O)CCCCCCCCCCCCCCCCCCCC. The van der Waals surface area contributed by atoms with Crippen LogP contribution < -0.4 is 5.32 Å². The van der Waals surface area contributed by atoms with Gasteiger partial charge in [0.1, 0.15) is 0 Å². The molecule has 2 unspecified atom stereocenters. The van der Waals surface area contributed by atoms with Gasteiger partial charge in [0.15, 0.2) is 0 Å². The van der Waals surface area contributed by atoms with Crippen molar-refractivity contribution in [2.45, 2.75) is 199 Å². The fraction of sp³-hybridized carbons (Fsp3) is 0.914. The summed E-state index contributed by atoms with van der Waals surface area (Å²) < 4.78 is 0. The Hall–Kier alpha value is -0.870. The molecule has 0 aliphatic rings. The number of hydrogen-bond donors (Lipinski definition) is 3. The predicted molar refractivity (Wildman–Crippen MR) is 170 cm³/mol. The maximum absolute atomic E-state index is 12.3. The average Bonchev–Trinajstić information content (AvgIpc) is 2.94. The summed E-state index contributed by atoms with van der Waals surface area (Å²) in [4.78, 5) is 12.3. The number of rotatable bonds is 31. The van der Waals surface area contributed by atoms with E-state index in [2.05, 4.69) is 19.2 Å². The summed E-state index contributed by atoms with van der Waals surface area (Å²) in [5, 5.41) is 22.7. The first-order valence-electron chi connectivity index (χ1n) is 17.4. The summed E-state index contributed by atoms with van der Waals surface area (Å²) in [6.45, 7) is 4.28. The zero-order valence-electron chi connectivity index (χ0n) is 26.4. The highest BCUT2D eigenvalue weighted by atomic mass is 16.3. The molecule has 0 heterocycles. The molecule has 0 rings (SSSR count). The van der Waals surface area contributed by atoms with Gasteiger partial charge in [-0.3, -0.25) is 4.79 Å². The van der Waals surface area contributed by atoms with Crippen LogP contribution in [-0.2, 0) is 4.79 Å². The monoisotopic (exact) mass is 552 g/mol. The van der Waals surface area contributed by atoms with Crippen molar-refractivity contribution in [1.82, 2.24) is 5.32 Å². The van der Waals surface area contributed by atoms with Crippen molar-refractivity contribution >= 4 is 5.91 Å². The molecule has 1 amide bonds. The van der Waals surface area contributed by atoms with Gasteiger partial charge < -0.3 is 15.5 Å². The Labute approximate surface area is 244 Å². The first-order chi connectivity index (χ1) is 19.2. The van der Waals surface area contributed by atoms with E-state index in [-0.39, 0.29) is 12.5 Å². The quantitative estimate of drug-likeness (QED) is 0.0593. The van der Waals surface area contributed by atoms with Gasteiger partial charge in [0.05, 0.1) is 18.8 Å². The molecule has 4 heteroatoms. The van der Waals surface area contributed by atoms with Crippen LogP contribution in [-0.4, -0.2) is 34.9 Å². The number of hydrogen-bond acceptors (Lipinski definition) is 3. The molecular weight excluding hydrogens is 482 g/mol. The van der Waals surface area contributed by atoms with Crippen LogP contribution >= 0.6 is 0 Å². The molecule has 3 N–H and O–H groups in total. The number of aliphatic hydroxyl groups is 2. The second-order valence-electron chi connectivity index (χ2n) is 11.9. The van der Waals surface area contributed by atoms with Gasteiger partial charge in [-0.25, -0.2) is 0 Å². The molecule has 0 aromatic carbocycles. The average molecular weight is 552 g/mol. The number of aliphatic hydroxyl groups excluding tert-OH is 2. The molecule has 4 nitrogen and oxygen atoms in total. The topological polar surface area (TPSA) is 69.6 Å². The van der Waals surface area contributed by atoms with Crippen molar-refractivity contribution < 1.29 is 15.0 Å². The van der Waals surface area contributed by atoms with Gasteiger partial charge in [-0.1, -0.05) is 174 Å². The van der Waals surface area contributed by atoms with Gasteiger partial charge in [-0.2, -0.15) is 0 Å². The molecule has 0 spiro atoms. The second-order valence-corrected chi connectivity index (χ2v) is 11.9. The lowest BCUT2D eigenvalue weighted by molar-refractivity contribution is -0.123. The lowest BCUT2D eigenvalue weighted by Crippen LogP contribution is -2.45. The van der Waals surface area contributed by atoms with Crippen molar-refractivity contribution in [1.29, 1.82) is 0 Å². The predicted octanol–water partition coefficient (Wildman–Crippen LogP) is 9.95. The maximum Gasteiger partial charge on any atom is 0.220 e. The molecule has 0 aliphatic heterocycles. The van der Waals surface area contributed by atoms with E-state index in [1.807, 2.05) is 6.08 Å². The Morgan fingerprint density at radius 3 is 1.33 bits per heavy atom. The fourth-order valence-corrected chi connectivity index (χ4v) is 5.29. The molecule has 0 saturated heterocycles. The first kappa shape index (κ1) is 38.1. The number of unbranched alkanes of at least 4 members (excludes halogenated alkanes) is 24. The van der Waals surface area contributed by atoms with Crippen LogP contribution in [0, 0.1) is 0 Å². The van der Waals surface area contributed by atoms with Crippen LogP contribution in [0.4, 0.5) is 0 Å². The van der Waals surface area contributed by atoms with E-state index in [0.29, 0.717) is 6.42 Å². The molecule has 0 aromatic heterocycles. The lowest BCUT2D eigenvalue weighted by atomic mass is 10.0. The summed E-state index contributed by atoms with van der Waals surface area (Å²) in [6.07, 6.45) is 37.2. The minimum absolute atomic E-state index is 0.0647. The van der Waals surface area contributed by atoms with Crippen LogP contribution in [0.2, 0.25) is 0 Å². The Bertz CT molecular complexity index is 522. The molecule has 2 atom stereocenters. The number of carbonyl (C=O) groups excluding carboxylic acids is 1. The maximum atomic E-state index is 12.3. The molecule has 0 aliphatic carbocycles. The Kier molecular flexibility index (Phi) is 30.9. The summed E-state index contributed by atoms with van der Waals surface area (Å²) >= 11 is 0. The standard InChI is InChI=1S/C35H69NO3/c1-3-5-7-9-11-13-14-15-16-17-18-19-20-21-23-25-27-29-31-35(39)36-33(32-37)34(38)30-28-26-24-22-12-10-8-6-4-2/h28,30,33-34,37-38H,3-27,29,31-32H2,1-2H3,(H,36,39)/b30-28+. The van der Waals surface area contributed by atoms with Crippen molar-refractivity contribution in [3.05, 3.63) is 12.2 Å². The van der Waals surface area contributed by atoms with Gasteiger partial charge in [-0.15, -0.1) is 0 Å². The largest absolute Gasteiger partial charge is 0.394 e. The third-order valence-corrected chi connectivity index (χ3v) is 8.02. The van der Waals surface area contributed by atoms with Gasteiger partial charge in [0, 0.05) is 6.42 Å². The van der Waals surface area contributed by atoms with E-state index in [1.54, 1.807) is 6.08 Å². The molecule has 0 saturated carbocycles. The number of carbonyl (C=O) groups is 1. The fourth-order valence-electron chi connectivity index (χ4n) is 5.29. The van der Waals surface area contributed by atoms with Crippen molar-refractivity contribution in [2.75, 3.05) is 6.61 Å². The Morgan fingerprint density at radius 2 is 0.949 bits per heavy atom. The second kappa shape index (κ2) is 31.7. The smallest absolute Gasteiger partial charge is 0.220 e. The van der Waals surface area contributed by atoms with Crippen LogP contribution in [0.5, 0.6) is 0 Å². The minimum Gasteiger partial charge on any atom is -0.394 e. The van der Waals surface area contributed by atoms with Crippen LogP contribution in [0.15, 0.2) is 12.2 Å². The van der Waals surface area contributed by atoms with E-state index in [9.17, 15) is 15.0 Å². The Morgan fingerprint density at radius 1 is 0.590 bits per heavy atom. The molecule has 0 fully saturated rings. The normalized spacial score (nSPS) is 13.2. The van der Waals surface area contributed by atoms with E-state index in [4.69, 9.17) is 0 Å². The molecule has 0 radical (unpaired) electrons. The first-order valence-corrected chi connectivity index (χ1v) is 17.4. The third kappa shape index (κ3) is 28.5. The highest BCUT2D eigenvalue weighted by Gasteiger charge is 2.17. The highest BCUT2D eigenvalue weighted by molar-refractivity contribution is 5.76. The highest BCUT2D eigenvalue weighted by Crippen LogP contribution is 2.15. The number of nitrogens with one attached hydrogen (secondary N) is 1. The zero-order chi connectivity index (χ0) is 28.7. The van der Waals surface area contributed by atoms with Crippen molar-refractivity contribution in [3.63, 3.8) is 0 Å². The third-order valence-electron chi connectivity index (χ3n) is 8.02. The number of amides is 1. The van der Waals surface area contributed by atoms with Crippen molar-refractivity contribution in [3.8, 4) is 0 Å². The summed E-state index contributed by atoms with van der Waals surface area (Å²) in [7, 11) is 0. The molecular formula is C35H69NO3. The van der Waals surface area contributed by atoms with E-state index >= 15 is 0 Å². The van der Waals surface area contributed by atoms with Gasteiger partial charge >= 0.3 is 0 Å². The molecule has 232 valence electrons. The molecule has 0 bridgehead atoms. The summed E-state index contributed by atoms with van der Waals surface area (Å²) in [5.74, 6) is -0.0647. The molecule has 39 heavy (non-hydrogen) atoms. The van der Waals surface area contributed by atoms with Crippen molar-refractivity contribution in [2.24, 2.45) is 0 Å². The van der Waals surface area contributed by atoms with E-state index in [1.165, 1.54) is 141 Å². The van der Waals surface area contributed by atoms with Crippen LogP contribution in [0.3, 0.4) is 0 Å². The Balaban J connectivity index is 3.54. The minimum atomic E-state index is -0.830. The van der Waals surface area contributed by atoms with Crippen LogP contribution in [0.25, 0.3) is 0 Å². The van der Waals surface area contributed by atoms with Gasteiger partial charge in [-0.05, 0) is 19.3 Å². The summed E-state index contributed by atoms with van der Waals surface area (Å²) in [6, 6.07) is -0.613. The zero-order valence-corrected chi connectivity index (χ0v) is 26.4. The number of allylic oxidation sites excluding steroid dienone is 1. The lowest BCUT2D eigenvalue weighted by Gasteiger charge is -2.20. The van der Waals surface area contributed by atoms with E-state index < -0.39 is 12.1 Å². The van der Waals surface area contributed by atoms with E-state index in [0.717, 1.165) is 25.7 Å². The van der Waals surface area contributed by atoms with Crippen LogP contribution in [0.1, 0.15) is 187 Å². The summed E-state index contributed by atoms with van der Waals surface area (Å²) in [5.41, 5.74) is 0. The molecule has 0 aromatic rings. The van der Waals surface area contributed by atoms with Gasteiger partial charge in [0.25, 0.3) is 0 Å².